The molecule has 2 atom stereocenters. The molecule has 2 unspecified atom stereocenters. The lowest BCUT2D eigenvalue weighted by Crippen LogP contribution is -2.55. The molecule has 1 heterocycles. The molecule has 4 aliphatic carbocycles. The van der Waals surface area contributed by atoms with Crippen LogP contribution in [0.25, 0.3) is 0 Å². The SMILES string of the molecule is CC12CC3CC(C1)CC(C(=O)Nc1ncccc1N)(C3)C2. The highest BCUT2D eigenvalue weighted by Crippen LogP contribution is 2.65. The van der Waals surface area contributed by atoms with Gasteiger partial charge >= 0.3 is 0 Å². The molecule has 4 nitrogen and oxygen atoms in total. The summed E-state index contributed by atoms with van der Waals surface area (Å²) >= 11 is 0. The number of hydrogen-bond acceptors (Lipinski definition) is 3. The van der Waals surface area contributed by atoms with Crippen molar-refractivity contribution in [1.29, 1.82) is 0 Å². The first-order chi connectivity index (χ1) is 9.98. The second-order valence-electron chi connectivity index (χ2n) is 7.95. The fourth-order valence-corrected chi connectivity index (χ4v) is 5.75. The number of hydrogen-bond donors (Lipinski definition) is 2. The van der Waals surface area contributed by atoms with Crippen LogP contribution in [0.2, 0.25) is 0 Å². The Hall–Kier alpha value is -1.58. The van der Waals surface area contributed by atoms with Crippen LogP contribution in [0, 0.1) is 22.7 Å². The van der Waals surface area contributed by atoms with Gasteiger partial charge in [0, 0.05) is 6.20 Å². The van der Waals surface area contributed by atoms with E-state index in [1.807, 2.05) is 0 Å². The molecule has 4 aliphatic rings. The predicted molar refractivity (Wildman–Crippen MR) is 82.5 cm³/mol. The zero-order valence-electron chi connectivity index (χ0n) is 12.6. The number of nitrogens with zero attached hydrogens (tertiary/aromatic N) is 1. The number of carbonyl (C=O) groups excluding carboxylic acids is 1. The summed E-state index contributed by atoms with van der Waals surface area (Å²) in [5, 5.41) is 3.01. The van der Waals surface area contributed by atoms with Gasteiger partial charge in [0.05, 0.1) is 11.1 Å². The Balaban J connectivity index is 1.61. The molecular weight excluding hydrogens is 262 g/mol. The Morgan fingerprint density at radius 3 is 2.67 bits per heavy atom. The van der Waals surface area contributed by atoms with Gasteiger partial charge in [0.1, 0.15) is 0 Å². The molecule has 0 aromatic carbocycles. The highest BCUT2D eigenvalue weighted by molar-refractivity contribution is 5.97. The quantitative estimate of drug-likeness (QED) is 0.876. The minimum Gasteiger partial charge on any atom is -0.396 e. The summed E-state index contributed by atoms with van der Waals surface area (Å²) in [5.74, 6) is 2.14. The summed E-state index contributed by atoms with van der Waals surface area (Å²) < 4.78 is 0. The molecule has 5 rings (SSSR count). The Morgan fingerprint density at radius 2 is 2.05 bits per heavy atom. The maximum Gasteiger partial charge on any atom is 0.231 e. The number of nitrogens with two attached hydrogens (primary N) is 1. The first-order valence-electron chi connectivity index (χ1n) is 8.00. The van der Waals surface area contributed by atoms with E-state index >= 15 is 0 Å². The number of pyridine rings is 1. The second kappa shape index (κ2) is 4.21. The van der Waals surface area contributed by atoms with E-state index in [0.29, 0.717) is 16.9 Å². The van der Waals surface area contributed by atoms with Gasteiger partial charge in [-0.15, -0.1) is 0 Å². The van der Waals surface area contributed by atoms with Crippen molar-refractivity contribution >= 4 is 17.4 Å². The summed E-state index contributed by atoms with van der Waals surface area (Å²) in [6, 6.07) is 3.57. The van der Waals surface area contributed by atoms with Crippen molar-refractivity contribution in [3.63, 3.8) is 0 Å². The predicted octanol–water partition coefficient (Wildman–Crippen LogP) is 3.21. The van der Waals surface area contributed by atoms with Crippen LogP contribution in [0.3, 0.4) is 0 Å². The summed E-state index contributed by atoms with van der Waals surface area (Å²) in [7, 11) is 0. The minimum absolute atomic E-state index is 0.147. The number of amides is 1. The lowest BCUT2D eigenvalue weighted by Gasteiger charge is -2.60. The molecule has 4 fully saturated rings. The van der Waals surface area contributed by atoms with Gasteiger partial charge < -0.3 is 11.1 Å². The van der Waals surface area contributed by atoms with Gasteiger partial charge in [-0.25, -0.2) is 4.98 Å². The molecule has 0 saturated heterocycles. The van der Waals surface area contributed by atoms with Crippen LogP contribution in [-0.4, -0.2) is 10.9 Å². The number of aromatic nitrogens is 1. The van der Waals surface area contributed by atoms with Crippen LogP contribution < -0.4 is 11.1 Å². The fourth-order valence-electron chi connectivity index (χ4n) is 5.75. The van der Waals surface area contributed by atoms with Gasteiger partial charge in [-0.05, 0) is 67.9 Å². The maximum absolute atomic E-state index is 13.0. The summed E-state index contributed by atoms with van der Waals surface area (Å²) in [6.07, 6.45) is 8.76. The Morgan fingerprint density at radius 1 is 1.33 bits per heavy atom. The summed E-state index contributed by atoms with van der Waals surface area (Å²) in [6.45, 7) is 2.38. The van der Waals surface area contributed by atoms with E-state index in [1.54, 1.807) is 18.3 Å². The third kappa shape index (κ3) is 2.03. The molecule has 21 heavy (non-hydrogen) atoms. The van der Waals surface area contributed by atoms with Crippen molar-refractivity contribution in [2.75, 3.05) is 11.1 Å². The van der Waals surface area contributed by atoms with Crippen LogP contribution in [0.1, 0.15) is 45.4 Å². The largest absolute Gasteiger partial charge is 0.396 e. The molecule has 1 amide bonds. The average molecular weight is 285 g/mol. The Bertz CT molecular complexity index is 583. The third-order valence-electron chi connectivity index (χ3n) is 5.91. The van der Waals surface area contributed by atoms with Crippen molar-refractivity contribution < 1.29 is 4.79 Å². The van der Waals surface area contributed by atoms with E-state index in [9.17, 15) is 4.79 Å². The van der Waals surface area contributed by atoms with E-state index < -0.39 is 0 Å². The third-order valence-corrected chi connectivity index (χ3v) is 5.91. The van der Waals surface area contributed by atoms with E-state index in [-0.39, 0.29) is 11.3 Å². The number of anilines is 2. The first-order valence-corrected chi connectivity index (χ1v) is 8.00. The lowest BCUT2D eigenvalue weighted by molar-refractivity contribution is -0.149. The van der Waals surface area contributed by atoms with Crippen LogP contribution in [0.4, 0.5) is 11.5 Å². The average Bonchev–Trinajstić information content (AvgIpc) is 2.38. The first kappa shape index (κ1) is 13.1. The minimum atomic E-state index is -0.178. The second-order valence-corrected chi connectivity index (χ2v) is 7.95. The van der Waals surface area contributed by atoms with E-state index in [4.69, 9.17) is 5.73 Å². The smallest absolute Gasteiger partial charge is 0.231 e. The highest BCUT2D eigenvalue weighted by Gasteiger charge is 2.58. The summed E-state index contributed by atoms with van der Waals surface area (Å²) in [4.78, 5) is 17.2. The standard InChI is InChI=1S/C17H23N3O/c1-16-6-11-5-12(7-16)9-17(8-11,10-16)15(21)20-14-13(18)3-2-4-19-14/h2-4,11-12H,5-10,18H2,1H3,(H,19,20,21). The summed E-state index contributed by atoms with van der Waals surface area (Å²) in [5.41, 5.74) is 6.65. The van der Waals surface area contributed by atoms with Gasteiger partial charge in [0.25, 0.3) is 0 Å². The van der Waals surface area contributed by atoms with Gasteiger partial charge in [-0.3, -0.25) is 4.79 Å². The molecular formula is C17H23N3O. The normalized spacial score (nSPS) is 40.2. The van der Waals surface area contributed by atoms with Gasteiger partial charge in [-0.1, -0.05) is 6.92 Å². The number of carbonyl (C=O) groups is 1. The number of nitrogen functional groups attached to an aromatic ring is 1. The zero-order chi connectivity index (χ0) is 14.7. The highest BCUT2D eigenvalue weighted by atomic mass is 16.2. The molecule has 0 spiro atoms. The van der Waals surface area contributed by atoms with Crippen molar-refractivity contribution in [2.24, 2.45) is 22.7 Å². The van der Waals surface area contributed by atoms with Crippen LogP contribution in [-0.2, 0) is 4.79 Å². The van der Waals surface area contributed by atoms with E-state index in [1.165, 1.54) is 19.3 Å². The van der Waals surface area contributed by atoms with Crippen molar-refractivity contribution in [2.45, 2.75) is 45.4 Å². The molecule has 4 heteroatoms. The molecule has 0 aliphatic heterocycles. The van der Waals surface area contributed by atoms with Crippen molar-refractivity contribution in [1.82, 2.24) is 4.98 Å². The maximum atomic E-state index is 13.0. The van der Waals surface area contributed by atoms with Gasteiger partial charge in [0.15, 0.2) is 5.82 Å². The van der Waals surface area contributed by atoms with Crippen LogP contribution in [0.5, 0.6) is 0 Å². The van der Waals surface area contributed by atoms with Gasteiger partial charge in [0.2, 0.25) is 5.91 Å². The Kier molecular flexibility index (Phi) is 2.63. The van der Waals surface area contributed by atoms with Crippen molar-refractivity contribution in [3.05, 3.63) is 18.3 Å². The molecule has 1 aromatic rings. The molecule has 1 aromatic heterocycles. The molecule has 112 valence electrons. The number of nitrogens with one attached hydrogen (secondary N) is 1. The van der Waals surface area contributed by atoms with E-state index in [0.717, 1.165) is 31.1 Å². The van der Waals surface area contributed by atoms with E-state index in [2.05, 4.69) is 17.2 Å². The zero-order valence-corrected chi connectivity index (χ0v) is 12.6. The van der Waals surface area contributed by atoms with Gasteiger partial charge in [-0.2, -0.15) is 0 Å². The fraction of sp³-hybridized carbons (Fsp3) is 0.647. The van der Waals surface area contributed by atoms with Crippen LogP contribution in [0.15, 0.2) is 18.3 Å². The molecule has 0 radical (unpaired) electrons. The number of rotatable bonds is 2. The molecule has 4 bridgehead atoms. The topological polar surface area (TPSA) is 68.0 Å². The van der Waals surface area contributed by atoms with Crippen LogP contribution >= 0.6 is 0 Å². The Labute approximate surface area is 125 Å². The van der Waals surface area contributed by atoms with Crippen molar-refractivity contribution in [3.8, 4) is 0 Å². The lowest BCUT2D eigenvalue weighted by atomic mass is 9.44. The monoisotopic (exact) mass is 285 g/mol. The molecule has 4 saturated carbocycles. The molecule has 3 N–H and O–H groups in total.